The molecule has 3 heteroatoms. The Morgan fingerprint density at radius 2 is 2.36 bits per heavy atom. The molecule has 0 radical (unpaired) electrons. The number of rotatable bonds is 5. The quantitative estimate of drug-likeness (QED) is 0.445. The first kappa shape index (κ1) is 11.2. The first-order chi connectivity index (χ1) is 6.76. The van der Waals surface area contributed by atoms with E-state index < -0.39 is 0 Å². The van der Waals surface area contributed by atoms with E-state index in [9.17, 15) is 0 Å². The zero-order valence-electron chi connectivity index (χ0n) is 8.04. The molecule has 0 saturated carbocycles. The molecule has 0 aromatic heterocycles. The Morgan fingerprint density at radius 1 is 1.57 bits per heavy atom. The van der Waals surface area contributed by atoms with E-state index in [4.69, 9.17) is 17.4 Å². The highest BCUT2D eigenvalue weighted by Crippen LogP contribution is 2.13. The van der Waals surface area contributed by atoms with Crippen molar-refractivity contribution in [1.29, 1.82) is 0 Å². The maximum Gasteiger partial charge on any atom is 0.0408 e. The van der Waals surface area contributed by atoms with E-state index in [-0.39, 0.29) is 6.04 Å². The molecule has 0 aliphatic carbocycles. The van der Waals surface area contributed by atoms with Crippen LogP contribution in [0.15, 0.2) is 36.9 Å². The topological polar surface area (TPSA) is 38.0 Å². The first-order valence-electron chi connectivity index (χ1n) is 4.57. The van der Waals surface area contributed by atoms with Gasteiger partial charge in [-0.2, -0.15) is 0 Å². The number of nitrogens with one attached hydrogen (secondary N) is 1. The van der Waals surface area contributed by atoms with Crippen molar-refractivity contribution in [1.82, 2.24) is 5.43 Å². The second kappa shape index (κ2) is 5.81. The first-order valence-corrected chi connectivity index (χ1v) is 4.95. The maximum absolute atomic E-state index is 5.88. The third-order valence-corrected chi connectivity index (χ3v) is 2.29. The largest absolute Gasteiger partial charge is 0.271 e. The molecule has 2 nitrogen and oxygen atoms in total. The molecule has 0 heterocycles. The van der Waals surface area contributed by atoms with E-state index >= 15 is 0 Å². The fourth-order valence-corrected chi connectivity index (χ4v) is 1.57. The van der Waals surface area contributed by atoms with E-state index in [1.54, 1.807) is 0 Å². The third kappa shape index (κ3) is 3.50. The van der Waals surface area contributed by atoms with Crippen LogP contribution < -0.4 is 11.3 Å². The van der Waals surface area contributed by atoms with Gasteiger partial charge in [-0.15, -0.1) is 6.58 Å². The maximum atomic E-state index is 5.88. The van der Waals surface area contributed by atoms with Crippen LogP contribution >= 0.6 is 11.6 Å². The van der Waals surface area contributed by atoms with Crippen LogP contribution in [0.1, 0.15) is 12.0 Å². The molecule has 1 aromatic rings. The zero-order chi connectivity index (χ0) is 10.4. The van der Waals surface area contributed by atoms with Gasteiger partial charge in [-0.05, 0) is 30.5 Å². The van der Waals surface area contributed by atoms with E-state index in [0.717, 1.165) is 17.9 Å². The van der Waals surface area contributed by atoms with Gasteiger partial charge in [0.05, 0.1) is 0 Å². The fraction of sp³-hybridized carbons (Fsp3) is 0.273. The average Bonchev–Trinajstić information content (AvgIpc) is 2.17. The Morgan fingerprint density at radius 3 is 2.93 bits per heavy atom. The van der Waals surface area contributed by atoms with Crippen molar-refractivity contribution in [2.75, 3.05) is 0 Å². The zero-order valence-corrected chi connectivity index (χ0v) is 8.80. The van der Waals surface area contributed by atoms with Crippen molar-refractivity contribution in [2.45, 2.75) is 18.9 Å². The molecule has 1 atom stereocenters. The number of hydrogen-bond donors (Lipinski definition) is 2. The summed E-state index contributed by atoms with van der Waals surface area (Å²) >= 11 is 5.88. The molecule has 0 aliphatic heterocycles. The van der Waals surface area contributed by atoms with Gasteiger partial charge in [-0.25, -0.2) is 0 Å². The monoisotopic (exact) mass is 210 g/mol. The molecule has 14 heavy (non-hydrogen) atoms. The Kier molecular flexibility index (Phi) is 4.66. The summed E-state index contributed by atoms with van der Waals surface area (Å²) in [5.74, 6) is 5.41. The van der Waals surface area contributed by atoms with Gasteiger partial charge >= 0.3 is 0 Å². The summed E-state index contributed by atoms with van der Waals surface area (Å²) < 4.78 is 0. The lowest BCUT2D eigenvalue weighted by atomic mass is 10.0. The highest BCUT2D eigenvalue weighted by atomic mass is 35.5. The molecule has 1 rings (SSSR count). The fourth-order valence-electron chi connectivity index (χ4n) is 1.36. The van der Waals surface area contributed by atoms with E-state index in [2.05, 4.69) is 12.0 Å². The van der Waals surface area contributed by atoms with Crippen molar-refractivity contribution in [3.05, 3.63) is 47.5 Å². The molecule has 0 saturated heterocycles. The molecule has 1 aromatic carbocycles. The summed E-state index contributed by atoms with van der Waals surface area (Å²) in [5.41, 5.74) is 3.94. The standard InChI is InChI=1S/C11H15ClN2/c1-2-4-11(14-13)8-9-5-3-6-10(12)7-9/h2-3,5-7,11,14H,1,4,8,13H2. The number of benzene rings is 1. The Hall–Kier alpha value is -0.830. The van der Waals surface area contributed by atoms with Crippen molar-refractivity contribution in [2.24, 2.45) is 5.84 Å². The second-order valence-corrected chi connectivity index (χ2v) is 3.66. The molecular weight excluding hydrogens is 196 g/mol. The summed E-state index contributed by atoms with van der Waals surface area (Å²) in [5, 5.41) is 0.761. The van der Waals surface area contributed by atoms with Crippen LogP contribution in [0.5, 0.6) is 0 Å². The molecule has 0 bridgehead atoms. The molecule has 0 fully saturated rings. The van der Waals surface area contributed by atoms with Gasteiger partial charge in [-0.3, -0.25) is 11.3 Å². The van der Waals surface area contributed by atoms with E-state index in [1.807, 2.05) is 30.3 Å². The van der Waals surface area contributed by atoms with Gasteiger partial charge in [0.15, 0.2) is 0 Å². The van der Waals surface area contributed by atoms with Gasteiger partial charge in [0.1, 0.15) is 0 Å². The summed E-state index contributed by atoms with van der Waals surface area (Å²) in [6.07, 6.45) is 3.57. The lowest BCUT2D eigenvalue weighted by Gasteiger charge is -2.13. The van der Waals surface area contributed by atoms with E-state index in [0.29, 0.717) is 0 Å². The summed E-state index contributed by atoms with van der Waals surface area (Å²) in [7, 11) is 0. The lowest BCUT2D eigenvalue weighted by molar-refractivity contribution is 0.531. The summed E-state index contributed by atoms with van der Waals surface area (Å²) in [6, 6.07) is 8.03. The minimum Gasteiger partial charge on any atom is -0.271 e. The number of hydrogen-bond acceptors (Lipinski definition) is 2. The lowest BCUT2D eigenvalue weighted by Crippen LogP contribution is -2.36. The van der Waals surface area contributed by atoms with Crippen LogP contribution in [0.2, 0.25) is 5.02 Å². The Balaban J connectivity index is 2.61. The van der Waals surface area contributed by atoms with Gasteiger partial charge < -0.3 is 0 Å². The molecule has 0 amide bonds. The van der Waals surface area contributed by atoms with Crippen LogP contribution in [-0.4, -0.2) is 6.04 Å². The average molecular weight is 211 g/mol. The van der Waals surface area contributed by atoms with Crippen molar-refractivity contribution >= 4 is 11.6 Å². The molecular formula is C11H15ClN2. The Labute approximate surface area is 89.7 Å². The van der Waals surface area contributed by atoms with Crippen LogP contribution in [0.25, 0.3) is 0 Å². The highest BCUT2D eigenvalue weighted by molar-refractivity contribution is 6.30. The van der Waals surface area contributed by atoms with E-state index in [1.165, 1.54) is 5.56 Å². The molecule has 0 spiro atoms. The highest BCUT2D eigenvalue weighted by Gasteiger charge is 2.05. The number of hydrazine groups is 1. The predicted octanol–water partition coefficient (Wildman–Crippen LogP) is 2.29. The van der Waals surface area contributed by atoms with Crippen LogP contribution in [0, 0.1) is 0 Å². The summed E-state index contributed by atoms with van der Waals surface area (Å²) in [6.45, 7) is 3.69. The number of halogens is 1. The SMILES string of the molecule is C=CCC(Cc1cccc(Cl)c1)NN. The van der Waals surface area contributed by atoms with Gasteiger partial charge in [0, 0.05) is 11.1 Å². The molecule has 1 unspecified atom stereocenters. The van der Waals surface area contributed by atoms with Crippen LogP contribution in [0.4, 0.5) is 0 Å². The minimum atomic E-state index is 0.228. The number of nitrogens with two attached hydrogens (primary N) is 1. The van der Waals surface area contributed by atoms with Gasteiger partial charge in [0.2, 0.25) is 0 Å². The molecule has 3 N–H and O–H groups in total. The van der Waals surface area contributed by atoms with Crippen LogP contribution in [-0.2, 0) is 6.42 Å². The minimum absolute atomic E-state index is 0.228. The third-order valence-electron chi connectivity index (χ3n) is 2.06. The normalized spacial score (nSPS) is 12.4. The van der Waals surface area contributed by atoms with Crippen molar-refractivity contribution in [3.8, 4) is 0 Å². The molecule has 76 valence electrons. The molecule has 0 aliphatic rings. The van der Waals surface area contributed by atoms with Crippen molar-refractivity contribution in [3.63, 3.8) is 0 Å². The van der Waals surface area contributed by atoms with Crippen LogP contribution in [0.3, 0.4) is 0 Å². The van der Waals surface area contributed by atoms with Gasteiger partial charge in [-0.1, -0.05) is 29.8 Å². The summed E-state index contributed by atoms with van der Waals surface area (Å²) in [4.78, 5) is 0. The Bertz CT molecular complexity index is 299. The predicted molar refractivity (Wildman–Crippen MR) is 61.1 cm³/mol. The smallest absolute Gasteiger partial charge is 0.0408 e. The second-order valence-electron chi connectivity index (χ2n) is 3.22. The van der Waals surface area contributed by atoms with Crippen molar-refractivity contribution < 1.29 is 0 Å². The van der Waals surface area contributed by atoms with Gasteiger partial charge in [0.25, 0.3) is 0 Å².